The molecule has 0 spiro atoms. The van der Waals surface area contributed by atoms with Gasteiger partial charge in [-0.2, -0.15) is 0 Å². The molecule has 88 valence electrons. The topological polar surface area (TPSA) is 34.2 Å². The molecule has 0 saturated carbocycles. The Kier molecular flexibility index (Phi) is 4.31. The number of pyridine rings is 1. The van der Waals surface area contributed by atoms with Crippen molar-refractivity contribution in [3.8, 4) is 0 Å². The third-order valence-corrected chi connectivity index (χ3v) is 3.08. The van der Waals surface area contributed by atoms with Crippen molar-refractivity contribution in [1.29, 1.82) is 0 Å². The molecule has 1 aliphatic heterocycles. The van der Waals surface area contributed by atoms with Gasteiger partial charge in [0.2, 0.25) is 0 Å². The minimum absolute atomic E-state index is 0.408. The average Bonchev–Trinajstić information content (AvgIpc) is 2.33. The van der Waals surface area contributed by atoms with Crippen LogP contribution in [-0.4, -0.2) is 24.2 Å². The molecule has 3 nitrogen and oxygen atoms in total. The monoisotopic (exact) mass is 220 g/mol. The number of hydrogen-bond donors (Lipinski definition) is 1. The van der Waals surface area contributed by atoms with E-state index in [0.717, 1.165) is 25.4 Å². The molecule has 1 aliphatic rings. The lowest BCUT2D eigenvalue weighted by Crippen LogP contribution is -2.31. The van der Waals surface area contributed by atoms with Gasteiger partial charge in [-0.05, 0) is 37.8 Å². The van der Waals surface area contributed by atoms with E-state index in [4.69, 9.17) is 4.74 Å². The van der Waals surface area contributed by atoms with Gasteiger partial charge < -0.3 is 10.1 Å². The predicted octanol–water partition coefficient (Wildman–Crippen LogP) is 2.05. The largest absolute Gasteiger partial charge is 0.377 e. The summed E-state index contributed by atoms with van der Waals surface area (Å²) >= 11 is 0. The third-order valence-electron chi connectivity index (χ3n) is 3.08. The molecule has 0 aliphatic carbocycles. The highest BCUT2D eigenvalue weighted by atomic mass is 16.5. The normalized spacial score (nSPS) is 20.9. The molecule has 1 fully saturated rings. The van der Waals surface area contributed by atoms with E-state index in [-0.39, 0.29) is 0 Å². The first-order valence-corrected chi connectivity index (χ1v) is 6.09. The Morgan fingerprint density at radius 3 is 3.19 bits per heavy atom. The molecule has 0 amide bonds. The molecule has 3 heteroatoms. The van der Waals surface area contributed by atoms with Crippen molar-refractivity contribution >= 4 is 0 Å². The number of nitrogens with one attached hydrogen (secondary N) is 1. The van der Waals surface area contributed by atoms with Crippen LogP contribution in [0.5, 0.6) is 0 Å². The van der Waals surface area contributed by atoms with Crippen molar-refractivity contribution in [2.45, 2.75) is 38.8 Å². The van der Waals surface area contributed by atoms with Crippen molar-refractivity contribution in [3.63, 3.8) is 0 Å². The van der Waals surface area contributed by atoms with Gasteiger partial charge in [0.05, 0.1) is 6.10 Å². The van der Waals surface area contributed by atoms with Crippen LogP contribution in [0.1, 0.15) is 30.5 Å². The fraction of sp³-hybridized carbons (Fsp3) is 0.615. The van der Waals surface area contributed by atoms with Gasteiger partial charge in [-0.15, -0.1) is 0 Å². The first-order chi connectivity index (χ1) is 7.86. The lowest BCUT2D eigenvalue weighted by Gasteiger charge is -2.22. The number of hydrogen-bond acceptors (Lipinski definition) is 3. The molecule has 1 aromatic heterocycles. The second kappa shape index (κ2) is 5.97. The zero-order valence-corrected chi connectivity index (χ0v) is 9.91. The van der Waals surface area contributed by atoms with Crippen molar-refractivity contribution in [2.75, 3.05) is 13.2 Å². The average molecular weight is 220 g/mol. The third kappa shape index (κ3) is 3.29. The number of nitrogens with zero attached hydrogens (tertiary/aromatic N) is 1. The van der Waals surface area contributed by atoms with Crippen LogP contribution < -0.4 is 5.32 Å². The van der Waals surface area contributed by atoms with E-state index < -0.39 is 0 Å². The molecule has 2 rings (SSSR count). The summed E-state index contributed by atoms with van der Waals surface area (Å²) in [6, 6.07) is 4.11. The van der Waals surface area contributed by atoms with Crippen LogP contribution in [0.25, 0.3) is 0 Å². The second-order valence-corrected chi connectivity index (χ2v) is 4.37. The summed E-state index contributed by atoms with van der Waals surface area (Å²) in [6.07, 6.45) is 5.96. The van der Waals surface area contributed by atoms with Crippen LogP contribution in [0.15, 0.2) is 18.3 Å². The van der Waals surface area contributed by atoms with Gasteiger partial charge in [-0.1, -0.05) is 6.07 Å². The van der Waals surface area contributed by atoms with E-state index in [9.17, 15) is 0 Å². The van der Waals surface area contributed by atoms with E-state index in [1.54, 1.807) is 0 Å². The Hall–Kier alpha value is -0.930. The van der Waals surface area contributed by atoms with Crippen molar-refractivity contribution < 1.29 is 4.74 Å². The molecule has 0 aromatic carbocycles. The lowest BCUT2D eigenvalue weighted by atomic mass is 10.1. The highest BCUT2D eigenvalue weighted by Gasteiger charge is 2.12. The molecule has 16 heavy (non-hydrogen) atoms. The summed E-state index contributed by atoms with van der Waals surface area (Å²) < 4.78 is 5.67. The molecule has 0 bridgehead atoms. The summed E-state index contributed by atoms with van der Waals surface area (Å²) in [7, 11) is 0. The van der Waals surface area contributed by atoms with Crippen LogP contribution >= 0.6 is 0 Å². The number of rotatable bonds is 4. The highest BCUT2D eigenvalue weighted by molar-refractivity contribution is 5.17. The summed E-state index contributed by atoms with van der Waals surface area (Å²) in [5, 5.41) is 3.45. The molecule has 1 aromatic rings. The van der Waals surface area contributed by atoms with E-state index in [1.165, 1.54) is 24.8 Å². The Morgan fingerprint density at radius 1 is 1.50 bits per heavy atom. The van der Waals surface area contributed by atoms with Crippen LogP contribution in [0.3, 0.4) is 0 Å². The van der Waals surface area contributed by atoms with Gasteiger partial charge in [0.15, 0.2) is 0 Å². The summed E-state index contributed by atoms with van der Waals surface area (Å²) in [6.45, 7) is 4.82. The highest BCUT2D eigenvalue weighted by Crippen LogP contribution is 2.12. The Labute approximate surface area is 97.2 Å². The van der Waals surface area contributed by atoms with Crippen molar-refractivity contribution in [3.05, 3.63) is 29.6 Å². The number of aryl methyl sites for hydroxylation is 1. The number of aromatic nitrogens is 1. The van der Waals surface area contributed by atoms with E-state index in [1.807, 2.05) is 19.2 Å². The Morgan fingerprint density at radius 2 is 2.44 bits per heavy atom. The van der Waals surface area contributed by atoms with E-state index in [0.29, 0.717) is 6.10 Å². The van der Waals surface area contributed by atoms with E-state index in [2.05, 4.69) is 16.4 Å². The maximum Gasteiger partial charge on any atom is 0.0699 e. The van der Waals surface area contributed by atoms with Gasteiger partial charge in [-0.3, -0.25) is 4.98 Å². The smallest absolute Gasteiger partial charge is 0.0699 e. The second-order valence-electron chi connectivity index (χ2n) is 4.37. The molecule has 1 saturated heterocycles. The van der Waals surface area contributed by atoms with Crippen LogP contribution in [0.2, 0.25) is 0 Å². The molecular formula is C13H20N2O. The molecule has 1 atom stereocenters. The molecule has 2 heterocycles. The SMILES string of the molecule is Cc1ncccc1CNCC1CCCCO1. The zero-order valence-electron chi connectivity index (χ0n) is 9.91. The maximum absolute atomic E-state index is 5.67. The minimum Gasteiger partial charge on any atom is -0.377 e. The fourth-order valence-electron chi connectivity index (χ4n) is 2.04. The van der Waals surface area contributed by atoms with Crippen LogP contribution in [0.4, 0.5) is 0 Å². The first kappa shape index (κ1) is 11.6. The quantitative estimate of drug-likeness (QED) is 0.843. The fourth-order valence-corrected chi connectivity index (χ4v) is 2.04. The van der Waals surface area contributed by atoms with Gasteiger partial charge >= 0.3 is 0 Å². The molecule has 0 radical (unpaired) electrons. The summed E-state index contributed by atoms with van der Waals surface area (Å²) in [5.41, 5.74) is 2.39. The van der Waals surface area contributed by atoms with Gasteiger partial charge in [-0.25, -0.2) is 0 Å². The molecular weight excluding hydrogens is 200 g/mol. The van der Waals surface area contributed by atoms with Gasteiger partial charge in [0.25, 0.3) is 0 Å². The van der Waals surface area contributed by atoms with Gasteiger partial charge in [0.1, 0.15) is 0 Å². The van der Waals surface area contributed by atoms with Crippen LogP contribution in [-0.2, 0) is 11.3 Å². The molecule has 1 N–H and O–H groups in total. The first-order valence-electron chi connectivity index (χ1n) is 6.09. The van der Waals surface area contributed by atoms with Gasteiger partial charge in [0, 0.05) is 31.6 Å². The Bertz CT molecular complexity index is 321. The predicted molar refractivity (Wildman–Crippen MR) is 64.3 cm³/mol. The minimum atomic E-state index is 0.408. The molecule has 1 unspecified atom stereocenters. The van der Waals surface area contributed by atoms with Crippen molar-refractivity contribution in [1.82, 2.24) is 10.3 Å². The van der Waals surface area contributed by atoms with E-state index >= 15 is 0 Å². The van der Waals surface area contributed by atoms with Crippen molar-refractivity contribution in [2.24, 2.45) is 0 Å². The maximum atomic E-state index is 5.67. The Balaban J connectivity index is 1.73. The summed E-state index contributed by atoms with van der Waals surface area (Å²) in [4.78, 5) is 4.27. The zero-order chi connectivity index (χ0) is 11.2. The lowest BCUT2D eigenvalue weighted by molar-refractivity contribution is 0.0168. The number of ether oxygens (including phenoxy) is 1. The summed E-state index contributed by atoms with van der Waals surface area (Å²) in [5.74, 6) is 0. The van der Waals surface area contributed by atoms with Crippen LogP contribution in [0, 0.1) is 6.92 Å². The standard InChI is InChI=1S/C13H20N2O/c1-11-12(5-4-7-15-11)9-14-10-13-6-2-3-8-16-13/h4-5,7,13-14H,2-3,6,8-10H2,1H3.